The zero-order chi connectivity index (χ0) is 25.4. The van der Waals surface area contributed by atoms with E-state index >= 15 is 0 Å². The molecule has 9 nitrogen and oxygen atoms in total. The monoisotopic (exact) mass is 486 g/mol. The molecule has 3 N–H and O–H groups in total. The normalized spacial score (nSPS) is 21.1. The first-order valence-electron chi connectivity index (χ1n) is 11.9. The lowest BCUT2D eigenvalue weighted by Crippen LogP contribution is -2.52. The molecule has 3 aliphatic rings. The van der Waals surface area contributed by atoms with Crippen LogP contribution >= 0.6 is 0 Å². The van der Waals surface area contributed by atoms with Crippen LogP contribution in [0, 0.1) is 17.8 Å². The van der Waals surface area contributed by atoms with E-state index in [-0.39, 0.29) is 36.6 Å². The number of benzene rings is 2. The van der Waals surface area contributed by atoms with Gasteiger partial charge in [0.1, 0.15) is 11.8 Å². The molecular weight excluding hydrogens is 460 g/mol. The van der Waals surface area contributed by atoms with Crippen LogP contribution in [0.3, 0.4) is 0 Å². The topological polar surface area (TPSA) is 122 Å². The third-order valence-corrected chi connectivity index (χ3v) is 6.95. The van der Waals surface area contributed by atoms with E-state index in [1.807, 2.05) is 6.07 Å². The van der Waals surface area contributed by atoms with Gasteiger partial charge < -0.3 is 20.3 Å². The van der Waals surface area contributed by atoms with Gasteiger partial charge in [-0.3, -0.25) is 24.5 Å². The highest BCUT2D eigenvalue weighted by Gasteiger charge is 2.39. The van der Waals surface area contributed by atoms with Gasteiger partial charge in [0.2, 0.25) is 11.8 Å². The average molecular weight is 487 g/mol. The minimum atomic E-state index is -0.662. The first-order chi connectivity index (χ1) is 17.4. The summed E-state index contributed by atoms with van der Waals surface area (Å²) in [4.78, 5) is 53.1. The second-order valence-corrected chi connectivity index (χ2v) is 9.19. The number of fused-ring (bicyclic) bond motifs is 1. The Morgan fingerprint density at radius 3 is 2.78 bits per heavy atom. The maximum Gasteiger partial charge on any atom is 0.255 e. The van der Waals surface area contributed by atoms with Gasteiger partial charge in [-0.25, -0.2) is 0 Å². The average Bonchev–Trinajstić information content (AvgIpc) is 3.48. The second kappa shape index (κ2) is 9.38. The molecule has 0 radical (unpaired) electrons. The number of anilines is 1. The van der Waals surface area contributed by atoms with Gasteiger partial charge in [0.15, 0.2) is 0 Å². The summed E-state index contributed by atoms with van der Waals surface area (Å²) in [6.45, 7) is 1.38. The first kappa shape index (κ1) is 23.4. The number of imide groups is 1. The number of piperidine rings is 1. The van der Waals surface area contributed by atoms with Gasteiger partial charge in [-0.1, -0.05) is 17.9 Å². The highest BCUT2D eigenvalue weighted by atomic mass is 16.5. The Morgan fingerprint density at radius 2 is 2.00 bits per heavy atom. The van der Waals surface area contributed by atoms with Crippen molar-refractivity contribution in [2.45, 2.75) is 31.8 Å². The van der Waals surface area contributed by atoms with Gasteiger partial charge in [-0.2, -0.15) is 0 Å². The lowest BCUT2D eigenvalue weighted by Gasteiger charge is -2.29. The van der Waals surface area contributed by atoms with Crippen molar-refractivity contribution in [1.29, 1.82) is 0 Å². The Balaban J connectivity index is 1.29. The number of carbonyl (C=O) groups is 4. The zero-order valence-electron chi connectivity index (χ0n) is 19.9. The summed E-state index contributed by atoms with van der Waals surface area (Å²) in [6, 6.07) is 9.73. The summed E-state index contributed by atoms with van der Waals surface area (Å²) in [5, 5.41) is 2.32. The Labute approximate surface area is 208 Å². The van der Waals surface area contributed by atoms with Crippen molar-refractivity contribution in [3.8, 4) is 17.6 Å². The van der Waals surface area contributed by atoms with E-state index in [1.165, 1.54) is 12.0 Å². The molecule has 2 atom stereocenters. The molecule has 0 aromatic heterocycles. The highest BCUT2D eigenvalue weighted by molar-refractivity contribution is 6.05. The highest BCUT2D eigenvalue weighted by Crippen LogP contribution is 2.30. The number of hydrogen-bond acceptors (Lipinski definition) is 6. The largest absolute Gasteiger partial charge is 0.495 e. The summed E-state index contributed by atoms with van der Waals surface area (Å²) >= 11 is 0. The second-order valence-electron chi connectivity index (χ2n) is 9.19. The summed E-state index contributed by atoms with van der Waals surface area (Å²) < 4.78 is 5.23. The number of ether oxygens (including phenoxy) is 1. The molecule has 3 heterocycles. The van der Waals surface area contributed by atoms with E-state index < -0.39 is 11.9 Å². The van der Waals surface area contributed by atoms with Crippen molar-refractivity contribution >= 4 is 29.3 Å². The molecule has 0 saturated carbocycles. The van der Waals surface area contributed by atoms with Crippen molar-refractivity contribution in [2.24, 2.45) is 5.92 Å². The van der Waals surface area contributed by atoms with E-state index in [0.717, 1.165) is 17.5 Å². The number of nitrogens with one attached hydrogen (secondary N) is 1. The van der Waals surface area contributed by atoms with Crippen LogP contribution in [0.25, 0.3) is 0 Å². The van der Waals surface area contributed by atoms with Gasteiger partial charge in [-0.15, -0.1) is 0 Å². The van der Waals surface area contributed by atoms with Crippen LogP contribution in [0.1, 0.15) is 51.1 Å². The molecule has 4 amide bonds. The number of carbonyl (C=O) groups excluding carboxylic acids is 4. The fourth-order valence-corrected chi connectivity index (χ4v) is 4.97. The Bertz CT molecular complexity index is 1340. The third-order valence-electron chi connectivity index (χ3n) is 6.95. The number of nitrogens with zero attached hydrogens (tertiary/aromatic N) is 2. The molecule has 2 fully saturated rings. The van der Waals surface area contributed by atoms with E-state index in [1.54, 1.807) is 35.2 Å². The van der Waals surface area contributed by atoms with E-state index in [4.69, 9.17) is 10.5 Å². The van der Waals surface area contributed by atoms with Crippen molar-refractivity contribution in [3.05, 3.63) is 58.7 Å². The Morgan fingerprint density at radius 1 is 1.17 bits per heavy atom. The van der Waals surface area contributed by atoms with Crippen LogP contribution < -0.4 is 15.8 Å². The minimum absolute atomic E-state index is 0.00354. The number of nitrogens with two attached hydrogens (primary N) is 1. The van der Waals surface area contributed by atoms with Crippen LogP contribution in [0.2, 0.25) is 0 Å². The van der Waals surface area contributed by atoms with Crippen LogP contribution in [0.4, 0.5) is 5.69 Å². The molecule has 2 aromatic carbocycles. The van der Waals surface area contributed by atoms with Gasteiger partial charge >= 0.3 is 0 Å². The number of amides is 4. The van der Waals surface area contributed by atoms with E-state index in [0.29, 0.717) is 42.1 Å². The van der Waals surface area contributed by atoms with Crippen molar-refractivity contribution in [2.75, 3.05) is 25.9 Å². The summed E-state index contributed by atoms with van der Waals surface area (Å²) in [6.07, 6.45) is 1.28. The quantitative estimate of drug-likeness (QED) is 0.386. The lowest BCUT2D eigenvalue weighted by atomic mass is 10.0. The van der Waals surface area contributed by atoms with Crippen molar-refractivity contribution in [1.82, 2.24) is 15.1 Å². The predicted octanol–water partition coefficient (Wildman–Crippen LogP) is 1.55. The molecule has 2 saturated heterocycles. The Hall–Kier alpha value is -4.32. The minimum Gasteiger partial charge on any atom is -0.495 e. The summed E-state index contributed by atoms with van der Waals surface area (Å²) in [7, 11) is 1.51. The molecule has 0 aliphatic carbocycles. The van der Waals surface area contributed by atoms with E-state index in [2.05, 4.69) is 17.2 Å². The maximum atomic E-state index is 13.0. The number of likely N-dealkylation sites (tertiary alicyclic amines) is 1. The maximum absolute atomic E-state index is 13.0. The van der Waals surface area contributed by atoms with Gasteiger partial charge in [0.05, 0.1) is 12.8 Å². The van der Waals surface area contributed by atoms with Crippen LogP contribution in [0.15, 0.2) is 36.4 Å². The van der Waals surface area contributed by atoms with Gasteiger partial charge in [0.25, 0.3) is 11.8 Å². The van der Waals surface area contributed by atoms with Crippen molar-refractivity contribution < 1.29 is 23.9 Å². The lowest BCUT2D eigenvalue weighted by molar-refractivity contribution is -0.136. The predicted molar refractivity (Wildman–Crippen MR) is 131 cm³/mol. The molecule has 2 aromatic rings. The molecular formula is C27H26N4O5. The fourth-order valence-electron chi connectivity index (χ4n) is 4.97. The number of rotatable bonds is 3. The SMILES string of the molecule is COc1cc(C(=O)N2CC[C@H](C#Cc3cccc4c3CN(C3CCC(=O)NC3=O)C4=O)C2)ccc1N. The fraction of sp³-hybridized carbons (Fsp3) is 0.333. The number of nitrogen functional groups attached to an aromatic ring is 1. The number of methoxy groups -OCH3 is 1. The molecule has 1 unspecified atom stereocenters. The third kappa shape index (κ3) is 4.26. The molecule has 5 rings (SSSR count). The summed E-state index contributed by atoms with van der Waals surface area (Å²) in [5.74, 6) is 5.90. The molecule has 0 bridgehead atoms. The molecule has 36 heavy (non-hydrogen) atoms. The smallest absolute Gasteiger partial charge is 0.255 e. The van der Waals surface area contributed by atoms with Gasteiger partial charge in [-0.05, 0) is 48.7 Å². The summed E-state index contributed by atoms with van der Waals surface area (Å²) in [5.41, 5.74) is 8.91. The van der Waals surface area contributed by atoms with Gasteiger partial charge in [0, 0.05) is 48.7 Å². The van der Waals surface area contributed by atoms with Crippen molar-refractivity contribution in [3.63, 3.8) is 0 Å². The first-order valence-corrected chi connectivity index (χ1v) is 11.9. The van der Waals surface area contributed by atoms with Crippen LogP contribution in [-0.2, 0) is 16.1 Å². The number of hydrogen-bond donors (Lipinski definition) is 2. The molecule has 0 spiro atoms. The van der Waals surface area contributed by atoms with E-state index in [9.17, 15) is 19.2 Å². The molecule has 184 valence electrons. The standard InChI is InChI=1S/C27H26N4O5/c1-36-23-13-18(7-8-21(23)28)26(34)30-12-11-16(14-30)5-6-17-3-2-4-19-20(17)15-31(27(19)35)22-9-10-24(32)29-25(22)33/h2-4,7-8,13,16,22H,9-12,14-15,28H2,1H3,(H,29,32,33)/t16-,22?/m0/s1. The zero-order valence-corrected chi connectivity index (χ0v) is 19.9. The molecule has 9 heteroatoms. The molecule has 3 aliphatic heterocycles. The van der Waals surface area contributed by atoms with Crippen LogP contribution in [0.5, 0.6) is 5.75 Å². The Kier molecular flexibility index (Phi) is 6.10. The van der Waals surface area contributed by atoms with Crippen LogP contribution in [-0.4, -0.2) is 59.7 Å².